The molecule has 0 atom stereocenters. The quantitative estimate of drug-likeness (QED) is 0.463. The third-order valence-electron chi connectivity index (χ3n) is 5.66. The molecule has 5 rings (SSSR count). The summed E-state index contributed by atoms with van der Waals surface area (Å²) in [4.78, 5) is 3.84. The van der Waals surface area contributed by atoms with Gasteiger partial charge < -0.3 is 5.32 Å². The lowest BCUT2D eigenvalue weighted by Gasteiger charge is -2.26. The molecule has 0 bridgehead atoms. The Morgan fingerprint density at radius 3 is 2.65 bits per heavy atom. The summed E-state index contributed by atoms with van der Waals surface area (Å²) in [6.07, 6.45) is 0.832. The first kappa shape index (κ1) is 23.6. The summed E-state index contributed by atoms with van der Waals surface area (Å²) in [7, 11) is -4.13. The maximum atomic E-state index is 14.9. The third-order valence-corrected chi connectivity index (χ3v) is 8.45. The summed E-state index contributed by atoms with van der Waals surface area (Å²) >= 11 is 6.87. The largest absolute Gasteiger partial charge is 0.307 e. The van der Waals surface area contributed by atoms with Crippen LogP contribution in [0.5, 0.6) is 0 Å². The predicted molar refractivity (Wildman–Crippen MR) is 118 cm³/mol. The van der Waals surface area contributed by atoms with Crippen LogP contribution in [0.1, 0.15) is 36.8 Å². The molecule has 2 N–H and O–H groups in total. The Hall–Kier alpha value is -2.13. The number of halogens is 5. The van der Waals surface area contributed by atoms with E-state index in [9.17, 15) is 26.0 Å². The average Bonchev–Trinajstić information content (AvgIpc) is 3.14. The maximum Gasteiger partial charge on any atom is 0.291 e. The van der Waals surface area contributed by atoms with E-state index in [0.717, 1.165) is 6.07 Å². The van der Waals surface area contributed by atoms with Gasteiger partial charge in [0.15, 0.2) is 21.0 Å². The van der Waals surface area contributed by atoms with Gasteiger partial charge in [-0.2, -0.15) is 8.78 Å². The molecule has 34 heavy (non-hydrogen) atoms. The molecule has 1 aliphatic carbocycles. The summed E-state index contributed by atoms with van der Waals surface area (Å²) in [5.74, 6) is -3.41. The zero-order valence-electron chi connectivity index (χ0n) is 17.4. The summed E-state index contributed by atoms with van der Waals surface area (Å²) in [6.45, 7) is 1.22. The summed E-state index contributed by atoms with van der Waals surface area (Å²) in [5, 5.41) is 8.86. The number of sulfonamides is 1. The molecule has 0 amide bonds. The molecule has 8 nitrogen and oxygen atoms in total. The van der Waals surface area contributed by atoms with Crippen molar-refractivity contribution >= 4 is 44.1 Å². The molecule has 0 radical (unpaired) electrons. The zero-order chi connectivity index (χ0) is 24.5. The van der Waals surface area contributed by atoms with Gasteiger partial charge in [-0.25, -0.2) is 26.9 Å². The van der Waals surface area contributed by atoms with Crippen LogP contribution >= 0.6 is 22.9 Å². The normalized spacial score (nSPS) is 19.6. The lowest BCUT2D eigenvalue weighted by Crippen LogP contribution is -2.38. The van der Waals surface area contributed by atoms with Crippen molar-refractivity contribution in [2.24, 2.45) is 0 Å². The minimum atomic E-state index is -4.13. The van der Waals surface area contributed by atoms with E-state index in [1.165, 1.54) is 16.7 Å². The van der Waals surface area contributed by atoms with Crippen molar-refractivity contribution in [1.82, 2.24) is 29.6 Å². The predicted octanol–water partition coefficient (Wildman–Crippen LogP) is 3.90. The summed E-state index contributed by atoms with van der Waals surface area (Å²) in [5.41, 5.74) is -1.15. The van der Waals surface area contributed by atoms with Crippen molar-refractivity contribution in [2.75, 3.05) is 13.1 Å². The second kappa shape index (κ2) is 7.95. The highest BCUT2D eigenvalue weighted by Gasteiger charge is 2.43. The molecule has 0 spiro atoms. The number of imidazole rings is 1. The van der Waals surface area contributed by atoms with Crippen LogP contribution in [0.3, 0.4) is 0 Å². The summed E-state index contributed by atoms with van der Waals surface area (Å²) in [6, 6.07) is 1.14. The maximum absolute atomic E-state index is 14.9. The van der Waals surface area contributed by atoms with E-state index in [-0.39, 0.29) is 38.5 Å². The van der Waals surface area contributed by atoms with Crippen LogP contribution in [-0.2, 0) is 10.0 Å². The second-order valence-corrected chi connectivity index (χ2v) is 11.4. The van der Waals surface area contributed by atoms with Crippen LogP contribution in [0.15, 0.2) is 23.2 Å². The minimum Gasteiger partial charge on any atom is -0.307 e. The Kier molecular flexibility index (Phi) is 5.52. The number of hydrogen-bond donors (Lipinski definition) is 2. The van der Waals surface area contributed by atoms with Crippen molar-refractivity contribution in [3.63, 3.8) is 0 Å². The van der Waals surface area contributed by atoms with E-state index in [2.05, 4.69) is 25.2 Å². The van der Waals surface area contributed by atoms with Gasteiger partial charge in [0.05, 0.1) is 17.0 Å². The molecule has 2 aliphatic rings. The van der Waals surface area contributed by atoms with Gasteiger partial charge in [0.2, 0.25) is 10.0 Å². The Labute approximate surface area is 200 Å². The Balaban J connectivity index is 1.77. The molecule has 0 saturated heterocycles. The highest BCUT2D eigenvalue weighted by atomic mass is 35.5. The molecule has 3 aromatic heterocycles. The van der Waals surface area contributed by atoms with E-state index < -0.39 is 45.0 Å². The molecule has 1 saturated carbocycles. The van der Waals surface area contributed by atoms with Gasteiger partial charge in [0.1, 0.15) is 0 Å². The van der Waals surface area contributed by atoms with Crippen LogP contribution in [-0.4, -0.2) is 52.6 Å². The highest BCUT2D eigenvalue weighted by molar-refractivity contribution is 7.89. The van der Waals surface area contributed by atoms with Gasteiger partial charge in [-0.05, 0) is 25.8 Å². The van der Waals surface area contributed by atoms with Crippen molar-refractivity contribution < 1.29 is 26.0 Å². The number of fused-ring (bicyclic) bond motifs is 1. The van der Waals surface area contributed by atoms with E-state index in [1.54, 1.807) is 6.92 Å². The molecule has 0 aromatic carbocycles. The molecule has 15 heteroatoms. The first-order valence-corrected chi connectivity index (χ1v) is 12.8. The zero-order valence-corrected chi connectivity index (χ0v) is 19.8. The highest BCUT2D eigenvalue weighted by Crippen LogP contribution is 2.42. The Morgan fingerprint density at radius 1 is 1.29 bits per heavy atom. The van der Waals surface area contributed by atoms with Gasteiger partial charge >= 0.3 is 0 Å². The van der Waals surface area contributed by atoms with E-state index >= 15 is 0 Å². The number of pyridine rings is 1. The van der Waals surface area contributed by atoms with Crippen molar-refractivity contribution in [1.29, 1.82) is 0 Å². The fourth-order valence-electron chi connectivity index (χ4n) is 3.69. The number of nitrogens with zero attached hydrogens (tertiary/aromatic N) is 4. The van der Waals surface area contributed by atoms with Crippen LogP contribution in [0.2, 0.25) is 5.15 Å². The lowest BCUT2D eigenvalue weighted by atomic mass is 9.97. The van der Waals surface area contributed by atoms with Gasteiger partial charge in [-0.1, -0.05) is 29.0 Å². The van der Waals surface area contributed by atoms with E-state index in [0.29, 0.717) is 24.2 Å². The molecular weight excluding hydrogens is 520 g/mol. The molecule has 3 aromatic rings. The monoisotopic (exact) mass is 536 g/mol. The van der Waals surface area contributed by atoms with Crippen LogP contribution < -0.4 is 10.0 Å². The second-order valence-electron chi connectivity index (χ2n) is 8.40. The van der Waals surface area contributed by atoms with Gasteiger partial charge in [-0.15, -0.1) is 10.2 Å². The molecule has 0 unspecified atom stereocenters. The molecule has 1 aliphatic heterocycles. The topological polar surface area (TPSA) is 101 Å². The van der Waals surface area contributed by atoms with Gasteiger partial charge in [0, 0.05) is 29.4 Å². The number of aromatic nitrogens is 4. The number of nitrogens with one attached hydrogen (secondary N) is 2. The Bertz CT molecular complexity index is 1430. The van der Waals surface area contributed by atoms with E-state index in [1.807, 2.05) is 0 Å². The summed E-state index contributed by atoms with van der Waals surface area (Å²) < 4.78 is 86.0. The van der Waals surface area contributed by atoms with Crippen molar-refractivity contribution in [3.8, 4) is 10.8 Å². The van der Waals surface area contributed by atoms with Crippen LogP contribution in [0.25, 0.3) is 21.9 Å². The van der Waals surface area contributed by atoms with Crippen LogP contribution in [0.4, 0.5) is 17.6 Å². The number of hydrogen-bond acceptors (Lipinski definition) is 7. The first-order valence-electron chi connectivity index (χ1n) is 10.1. The standard InChI is InChI=1S/C19H17ClF4N6O2S2/c1-18(3-4-18)29-34(31,32)9-6-10(11-2-5-25-8-19(11,23)24)12-13(20)26-15(30(12)7-9)17-28-27-16(33-17)14(21)22/h2,6-7,14,25,29H,3-5,8H2,1H3. The fourth-order valence-corrected chi connectivity index (χ4v) is 6.14. The third kappa shape index (κ3) is 4.11. The van der Waals surface area contributed by atoms with Crippen molar-refractivity contribution in [3.05, 3.63) is 34.1 Å². The first-order chi connectivity index (χ1) is 15.9. The van der Waals surface area contributed by atoms with Crippen LogP contribution in [0, 0.1) is 0 Å². The molecule has 4 heterocycles. The average molecular weight is 537 g/mol. The number of alkyl halides is 4. The molecule has 1 fully saturated rings. The van der Waals surface area contributed by atoms with Gasteiger partial charge in [-0.3, -0.25) is 4.40 Å². The molecule has 182 valence electrons. The van der Waals surface area contributed by atoms with Gasteiger partial charge in [0.25, 0.3) is 12.3 Å². The smallest absolute Gasteiger partial charge is 0.291 e. The lowest BCUT2D eigenvalue weighted by molar-refractivity contribution is 0.0637. The Morgan fingerprint density at radius 2 is 2.03 bits per heavy atom. The fraction of sp³-hybridized carbons (Fsp3) is 0.421. The molecular formula is C19H17ClF4N6O2S2. The SMILES string of the molecule is CC1(NS(=O)(=O)c2cc(C3=CCNCC3(F)F)c3c(Cl)nc(-c4nnc(C(F)F)s4)n3c2)CC1. The van der Waals surface area contributed by atoms with E-state index in [4.69, 9.17) is 11.6 Å². The van der Waals surface area contributed by atoms with Crippen molar-refractivity contribution in [2.45, 2.75) is 42.5 Å². The minimum absolute atomic E-state index is 0.00914. The number of rotatable bonds is 6.